The first-order valence-electron chi connectivity index (χ1n) is 5.83. The molecule has 0 aromatic carbocycles. The summed E-state index contributed by atoms with van der Waals surface area (Å²) in [5, 5.41) is 11.1. The highest BCUT2D eigenvalue weighted by Gasteiger charge is 2.30. The van der Waals surface area contributed by atoms with E-state index in [-0.39, 0.29) is 22.7 Å². The zero-order chi connectivity index (χ0) is 15.7. The summed E-state index contributed by atoms with van der Waals surface area (Å²) in [4.78, 5) is 27.4. The zero-order valence-corrected chi connectivity index (χ0v) is 14.8. The maximum absolute atomic E-state index is 12.4. The molecule has 0 bridgehead atoms. The van der Waals surface area contributed by atoms with Crippen molar-refractivity contribution in [1.29, 1.82) is 0 Å². The third-order valence-corrected chi connectivity index (χ3v) is 4.41. The summed E-state index contributed by atoms with van der Waals surface area (Å²) in [6.45, 7) is 1.54. The molecule has 0 unspecified atom stereocenters. The molecule has 1 aliphatic carbocycles. The maximum atomic E-state index is 12.4. The van der Waals surface area contributed by atoms with Gasteiger partial charge in [-0.05, 0) is 32.5 Å². The number of aromatic nitrogens is 2. The number of hydrogen-bond acceptors (Lipinski definition) is 5. The number of carbonyl (C=O) groups excluding carboxylic acids is 1. The van der Waals surface area contributed by atoms with Gasteiger partial charge in [0.25, 0.3) is 0 Å². The molecule has 1 aliphatic rings. The van der Waals surface area contributed by atoms with Crippen molar-refractivity contribution in [2.24, 2.45) is 0 Å². The lowest BCUT2D eigenvalue weighted by molar-refractivity contribution is -0.391. The third-order valence-electron chi connectivity index (χ3n) is 2.90. The topological polar surface area (TPSA) is 78.0 Å². The van der Waals surface area contributed by atoms with Crippen LogP contribution in [0.3, 0.4) is 0 Å². The minimum Gasteiger partial charge on any atom is -0.358 e. The van der Waals surface area contributed by atoms with Gasteiger partial charge in [0, 0.05) is 22.7 Å². The van der Waals surface area contributed by atoms with Crippen LogP contribution in [0.2, 0.25) is 0 Å². The smallest absolute Gasteiger partial charge is 0.358 e. The molecule has 6 nitrogen and oxygen atoms in total. The van der Waals surface area contributed by atoms with Crippen molar-refractivity contribution in [2.75, 3.05) is 0 Å². The van der Waals surface area contributed by atoms with Crippen molar-refractivity contribution in [1.82, 2.24) is 9.55 Å². The Morgan fingerprint density at radius 3 is 2.86 bits per heavy atom. The fourth-order valence-corrected chi connectivity index (χ4v) is 3.19. The van der Waals surface area contributed by atoms with Crippen molar-refractivity contribution in [3.63, 3.8) is 0 Å². The average molecular weight is 435 g/mol. The minimum atomic E-state index is -0.634. The molecule has 2 rings (SSSR count). The van der Waals surface area contributed by atoms with Crippen LogP contribution < -0.4 is 0 Å². The van der Waals surface area contributed by atoms with E-state index in [0.29, 0.717) is 16.9 Å². The van der Waals surface area contributed by atoms with E-state index in [1.165, 1.54) is 0 Å². The van der Waals surface area contributed by atoms with Gasteiger partial charge in [-0.2, -0.15) is 4.98 Å². The molecular weight excluding hydrogens is 426 g/mol. The van der Waals surface area contributed by atoms with Crippen LogP contribution in [0.5, 0.6) is 0 Å². The van der Waals surface area contributed by atoms with E-state index in [1.54, 1.807) is 13.0 Å². The molecule has 110 valence electrons. The lowest BCUT2D eigenvalue weighted by Crippen LogP contribution is -2.18. The highest BCUT2D eigenvalue weighted by Crippen LogP contribution is 2.28. The Hall–Kier alpha value is -1.19. The number of nitrogens with zero attached hydrogens (tertiary/aromatic N) is 3. The second-order valence-electron chi connectivity index (χ2n) is 4.32. The van der Waals surface area contributed by atoms with Crippen molar-refractivity contribution < 1.29 is 9.72 Å². The van der Waals surface area contributed by atoms with Gasteiger partial charge in [-0.25, -0.2) is 4.79 Å². The highest BCUT2D eigenvalue weighted by molar-refractivity contribution is 9.12. The highest BCUT2D eigenvalue weighted by atomic mass is 79.9. The number of allylic oxidation sites excluding steroid dienone is 4. The van der Waals surface area contributed by atoms with E-state index in [4.69, 9.17) is 12.2 Å². The van der Waals surface area contributed by atoms with Gasteiger partial charge < -0.3 is 10.1 Å². The van der Waals surface area contributed by atoms with Gasteiger partial charge in [0.05, 0.1) is 6.42 Å². The predicted octanol–water partition coefficient (Wildman–Crippen LogP) is 3.87. The predicted molar refractivity (Wildman–Crippen MR) is 88.9 cm³/mol. The number of halogens is 2. The number of rotatable bonds is 3. The molecule has 21 heavy (non-hydrogen) atoms. The van der Waals surface area contributed by atoms with Crippen molar-refractivity contribution in [3.05, 3.63) is 42.7 Å². The van der Waals surface area contributed by atoms with Crippen LogP contribution in [0.4, 0.5) is 5.82 Å². The Balaban J connectivity index is 2.36. The van der Waals surface area contributed by atoms with Gasteiger partial charge >= 0.3 is 11.7 Å². The molecule has 0 atom stereocenters. The second kappa shape index (κ2) is 6.29. The molecule has 1 aromatic heterocycles. The molecule has 0 fully saturated rings. The van der Waals surface area contributed by atoms with Crippen molar-refractivity contribution >= 4 is 60.7 Å². The fourth-order valence-electron chi connectivity index (χ4n) is 1.96. The standard InChI is InChI=1S/C12H9Br2N3O3S/c1-6-15-11(14)12(17(19)20)16(6)10(18)5-7-4-8(13)2-3-9(7)21/h2,4H,3,5H2,1H3. The van der Waals surface area contributed by atoms with E-state index in [2.05, 4.69) is 36.8 Å². The first-order chi connectivity index (χ1) is 9.81. The van der Waals surface area contributed by atoms with Crippen molar-refractivity contribution in [3.8, 4) is 0 Å². The SMILES string of the molecule is Cc1nc(Br)c([N+](=O)[O-])n1C(=O)CC1=CC(Br)=CCC1=S. The molecule has 1 aromatic rings. The van der Waals surface area contributed by atoms with Gasteiger partial charge in [0.15, 0.2) is 0 Å². The number of hydrogen-bond donors (Lipinski definition) is 0. The van der Waals surface area contributed by atoms with Crippen LogP contribution in [0.25, 0.3) is 0 Å². The summed E-state index contributed by atoms with van der Waals surface area (Å²) >= 11 is 11.6. The second-order valence-corrected chi connectivity index (χ2v) is 6.48. The van der Waals surface area contributed by atoms with Gasteiger partial charge in [0.2, 0.25) is 10.4 Å². The lowest BCUT2D eigenvalue weighted by atomic mass is 10.0. The Labute approximate surface area is 142 Å². The average Bonchev–Trinajstić information content (AvgIpc) is 2.68. The van der Waals surface area contributed by atoms with Crippen LogP contribution in [0.1, 0.15) is 23.5 Å². The fraction of sp³-hybridized carbons (Fsp3) is 0.250. The minimum absolute atomic E-state index is 0.00769. The number of aryl methyl sites for hydroxylation is 1. The molecule has 0 saturated carbocycles. The summed E-state index contributed by atoms with van der Waals surface area (Å²) < 4.78 is 1.89. The Kier molecular flexibility index (Phi) is 4.84. The van der Waals surface area contributed by atoms with Crippen LogP contribution in [-0.4, -0.2) is 25.2 Å². The Morgan fingerprint density at radius 1 is 1.57 bits per heavy atom. The maximum Gasteiger partial charge on any atom is 0.365 e. The molecule has 0 saturated heterocycles. The molecule has 0 N–H and O–H groups in total. The van der Waals surface area contributed by atoms with Crippen molar-refractivity contribution in [2.45, 2.75) is 19.8 Å². The lowest BCUT2D eigenvalue weighted by Gasteiger charge is -2.11. The van der Waals surface area contributed by atoms with Crippen LogP contribution in [0, 0.1) is 17.0 Å². The molecule has 1 heterocycles. The number of nitro groups is 1. The normalized spacial score (nSPS) is 14.7. The van der Waals surface area contributed by atoms with Crippen LogP contribution >= 0.6 is 44.1 Å². The third kappa shape index (κ3) is 3.35. The number of imidazole rings is 1. The first-order valence-corrected chi connectivity index (χ1v) is 7.82. The van der Waals surface area contributed by atoms with E-state index in [1.807, 2.05) is 6.08 Å². The van der Waals surface area contributed by atoms with Crippen LogP contribution in [0.15, 0.2) is 26.8 Å². The van der Waals surface area contributed by atoms with E-state index in [0.717, 1.165) is 9.05 Å². The van der Waals surface area contributed by atoms with Gasteiger partial charge in [0.1, 0.15) is 0 Å². The monoisotopic (exact) mass is 433 g/mol. The van der Waals surface area contributed by atoms with E-state index in [9.17, 15) is 14.9 Å². The summed E-state index contributed by atoms with van der Waals surface area (Å²) in [5.74, 6) is -0.543. The molecule has 0 spiro atoms. The van der Waals surface area contributed by atoms with E-state index < -0.39 is 10.8 Å². The molecule has 0 amide bonds. The van der Waals surface area contributed by atoms with Gasteiger partial charge in [-0.1, -0.05) is 34.2 Å². The molecule has 9 heteroatoms. The largest absolute Gasteiger partial charge is 0.365 e. The Bertz CT molecular complexity index is 722. The van der Waals surface area contributed by atoms with Gasteiger partial charge in [-0.3, -0.25) is 0 Å². The van der Waals surface area contributed by atoms with Crippen LogP contribution in [-0.2, 0) is 0 Å². The Morgan fingerprint density at radius 2 is 2.24 bits per heavy atom. The number of thiocarbonyl (C=S) groups is 1. The molecule has 0 radical (unpaired) electrons. The first kappa shape index (κ1) is 16.2. The summed E-state index contributed by atoms with van der Waals surface area (Å²) in [6.07, 6.45) is 4.23. The number of carbonyl (C=O) groups is 1. The quantitative estimate of drug-likeness (QED) is 0.410. The zero-order valence-electron chi connectivity index (χ0n) is 10.8. The summed E-state index contributed by atoms with van der Waals surface area (Å²) in [5.41, 5.74) is 0.683. The van der Waals surface area contributed by atoms with Gasteiger partial charge in [-0.15, -0.1) is 4.57 Å². The molecule has 0 aliphatic heterocycles. The summed E-state index contributed by atoms with van der Waals surface area (Å²) in [6, 6.07) is 0. The summed E-state index contributed by atoms with van der Waals surface area (Å²) in [7, 11) is 0. The molecular formula is C12H9Br2N3O3S. The van der Waals surface area contributed by atoms with E-state index >= 15 is 0 Å².